The Hall–Kier alpha value is -3.75. The summed E-state index contributed by atoms with van der Waals surface area (Å²) in [5.41, 5.74) is -0.0307. The number of fused-ring (bicyclic) bond motifs is 1. The molecule has 0 spiro atoms. The molecule has 0 radical (unpaired) electrons. The predicted molar refractivity (Wildman–Crippen MR) is 140 cm³/mol. The number of aromatic nitrogens is 5. The highest BCUT2D eigenvalue weighted by Gasteiger charge is 2.21. The average molecular weight is 547 g/mol. The number of halogens is 3. The zero-order valence-electron chi connectivity index (χ0n) is 20.7. The number of carbonyl (C=O) groups excluding carboxylic acids is 1. The molecule has 0 aliphatic rings. The lowest BCUT2D eigenvalue weighted by Crippen LogP contribution is -2.34. The molecule has 38 heavy (non-hydrogen) atoms. The normalized spacial score (nSPS) is 11.8. The molecule has 0 aliphatic carbocycles. The number of anilines is 3. The molecule has 0 atom stereocenters. The van der Waals surface area contributed by atoms with Crippen LogP contribution in [0, 0.1) is 0 Å². The van der Waals surface area contributed by atoms with Crippen molar-refractivity contribution in [3.63, 3.8) is 0 Å². The first kappa shape index (κ1) is 27.3. The minimum absolute atomic E-state index is 0.00282. The van der Waals surface area contributed by atoms with Crippen molar-refractivity contribution < 1.29 is 22.6 Å². The van der Waals surface area contributed by atoms with Crippen LogP contribution in [-0.2, 0) is 11.3 Å². The minimum atomic E-state index is -2.79. The van der Waals surface area contributed by atoms with Gasteiger partial charge >= 0.3 is 0 Å². The van der Waals surface area contributed by atoms with Crippen LogP contribution in [0.4, 0.5) is 30.0 Å². The van der Waals surface area contributed by atoms with E-state index in [1.807, 2.05) is 0 Å². The third-order valence-electron chi connectivity index (χ3n) is 5.19. The number of aliphatic hydroxyl groups is 1. The highest BCUT2D eigenvalue weighted by Crippen LogP contribution is 2.34. The molecule has 0 aliphatic heterocycles. The summed E-state index contributed by atoms with van der Waals surface area (Å²) in [4.78, 5) is 28.6. The molecule has 4 aromatic heterocycles. The zero-order chi connectivity index (χ0) is 27.4. The molecule has 0 saturated heterocycles. The topological polar surface area (TPSA) is 130 Å². The van der Waals surface area contributed by atoms with E-state index in [1.54, 1.807) is 26.0 Å². The van der Waals surface area contributed by atoms with E-state index in [0.717, 1.165) is 0 Å². The molecule has 1 amide bonds. The van der Waals surface area contributed by atoms with Crippen molar-refractivity contribution in [2.45, 2.75) is 39.3 Å². The van der Waals surface area contributed by atoms with Gasteiger partial charge in [-0.2, -0.15) is 0 Å². The van der Waals surface area contributed by atoms with Crippen LogP contribution in [0.5, 0.6) is 0 Å². The molecule has 0 aromatic carbocycles. The Morgan fingerprint density at radius 1 is 1.21 bits per heavy atom. The molecule has 4 N–H and O–H groups in total. The van der Waals surface area contributed by atoms with Gasteiger partial charge in [-0.15, -0.1) is 3.89 Å². The summed E-state index contributed by atoms with van der Waals surface area (Å²) in [5, 5.41) is 19.4. The maximum absolute atomic E-state index is 14.0. The van der Waals surface area contributed by atoms with Crippen molar-refractivity contribution in [2.75, 3.05) is 17.2 Å². The van der Waals surface area contributed by atoms with Gasteiger partial charge in [0, 0.05) is 44.2 Å². The van der Waals surface area contributed by atoms with Gasteiger partial charge in [-0.25, -0.2) is 32.7 Å². The molecule has 4 aromatic rings. The number of nitrogens with zero attached hydrogens (tertiary/aromatic N) is 5. The first-order chi connectivity index (χ1) is 18.0. The predicted octanol–water partition coefficient (Wildman–Crippen LogP) is 4.77. The molecule has 4 heterocycles. The summed E-state index contributed by atoms with van der Waals surface area (Å²) in [5.74, 6) is 0.247. The standard InChI is InChI=1S/C24H25F3N8O2S/c1-13(36)30-18-9-15(7-8-29-18)31-22-19-14(10-28-12-24(2,3)37)11-35(38-27)23(19)34-21(33-22)17-6-4-5-16(32-17)20(25)26/h4-9,11,20,28,37H,10,12H2,1-3H3,(H2,29,30,31,33,34,36). The Morgan fingerprint density at radius 3 is 2.68 bits per heavy atom. The Morgan fingerprint density at radius 2 is 2.00 bits per heavy atom. The van der Waals surface area contributed by atoms with Gasteiger partial charge in [0.05, 0.1) is 11.0 Å². The summed E-state index contributed by atoms with van der Waals surface area (Å²) in [7, 11) is 0. The van der Waals surface area contributed by atoms with E-state index in [2.05, 4.69) is 35.9 Å². The molecule has 10 nitrogen and oxygen atoms in total. The molecule has 4 rings (SSSR count). The Bertz CT molecular complexity index is 1460. The largest absolute Gasteiger partial charge is 0.389 e. The molecule has 14 heteroatoms. The first-order valence-electron chi connectivity index (χ1n) is 11.4. The van der Waals surface area contributed by atoms with E-state index < -0.39 is 17.7 Å². The van der Waals surface area contributed by atoms with E-state index in [9.17, 15) is 22.6 Å². The van der Waals surface area contributed by atoms with Gasteiger partial charge in [0.2, 0.25) is 5.91 Å². The fourth-order valence-electron chi connectivity index (χ4n) is 3.66. The summed E-state index contributed by atoms with van der Waals surface area (Å²) in [6.07, 6.45) is 0.225. The monoisotopic (exact) mass is 546 g/mol. The second-order valence-electron chi connectivity index (χ2n) is 9.04. The highest BCUT2D eigenvalue weighted by atomic mass is 32.2. The zero-order valence-corrected chi connectivity index (χ0v) is 21.5. The van der Waals surface area contributed by atoms with Crippen LogP contribution in [0.1, 0.15) is 38.5 Å². The average Bonchev–Trinajstić information content (AvgIpc) is 3.21. The number of amides is 1. The van der Waals surface area contributed by atoms with Gasteiger partial charge in [0.25, 0.3) is 6.43 Å². The molecule has 0 bridgehead atoms. The van der Waals surface area contributed by atoms with Crippen molar-refractivity contribution in [1.82, 2.24) is 29.2 Å². The van der Waals surface area contributed by atoms with Crippen LogP contribution in [0.25, 0.3) is 22.6 Å². The van der Waals surface area contributed by atoms with Crippen molar-refractivity contribution in [3.8, 4) is 11.5 Å². The van der Waals surface area contributed by atoms with Crippen LogP contribution in [0.3, 0.4) is 0 Å². The van der Waals surface area contributed by atoms with Crippen LogP contribution in [0.2, 0.25) is 0 Å². The van der Waals surface area contributed by atoms with Crippen molar-refractivity contribution in [1.29, 1.82) is 0 Å². The third kappa shape index (κ3) is 6.57. The van der Waals surface area contributed by atoms with E-state index in [4.69, 9.17) is 0 Å². The van der Waals surface area contributed by atoms with Gasteiger partial charge in [0.15, 0.2) is 23.8 Å². The minimum Gasteiger partial charge on any atom is -0.389 e. The van der Waals surface area contributed by atoms with E-state index >= 15 is 0 Å². The summed E-state index contributed by atoms with van der Waals surface area (Å²) >= 11 is -0.0821. The summed E-state index contributed by atoms with van der Waals surface area (Å²) in [6, 6.07) is 7.32. The lowest BCUT2D eigenvalue weighted by atomic mass is 10.1. The quantitative estimate of drug-likeness (QED) is 0.222. The first-order valence-corrected chi connectivity index (χ1v) is 12.1. The van der Waals surface area contributed by atoms with Crippen LogP contribution in [0.15, 0.2) is 42.7 Å². The number of nitrogens with one attached hydrogen (secondary N) is 3. The maximum atomic E-state index is 14.0. The van der Waals surface area contributed by atoms with Gasteiger partial charge in [0.1, 0.15) is 23.0 Å². The molecular formula is C24H25F3N8O2S. The second-order valence-corrected chi connectivity index (χ2v) is 9.58. The van der Waals surface area contributed by atoms with Crippen molar-refractivity contribution in [3.05, 3.63) is 54.0 Å². The van der Waals surface area contributed by atoms with E-state index in [-0.39, 0.29) is 54.3 Å². The fourth-order valence-corrected chi connectivity index (χ4v) is 4.02. The van der Waals surface area contributed by atoms with Gasteiger partial charge in [-0.1, -0.05) is 6.07 Å². The molecule has 0 unspecified atom stereocenters. The summed E-state index contributed by atoms with van der Waals surface area (Å²) in [6.45, 7) is 5.17. The number of rotatable bonds is 10. The van der Waals surface area contributed by atoms with Gasteiger partial charge in [-0.3, -0.25) is 4.79 Å². The number of carbonyl (C=O) groups is 1. The SMILES string of the molecule is CC(=O)Nc1cc(Nc2nc(-c3cccc(C(F)F)n3)nc3c2c(CNCC(C)(C)O)cn3SF)ccn1. The van der Waals surface area contributed by atoms with E-state index in [1.165, 1.54) is 41.5 Å². The molecular weight excluding hydrogens is 521 g/mol. The maximum Gasteiger partial charge on any atom is 0.280 e. The van der Waals surface area contributed by atoms with Crippen LogP contribution >= 0.6 is 12.3 Å². The lowest BCUT2D eigenvalue weighted by molar-refractivity contribution is -0.114. The third-order valence-corrected chi connectivity index (χ3v) is 5.62. The van der Waals surface area contributed by atoms with Gasteiger partial charge < -0.3 is 21.1 Å². The fraction of sp³-hybridized carbons (Fsp3) is 0.292. The lowest BCUT2D eigenvalue weighted by Gasteiger charge is -2.17. The van der Waals surface area contributed by atoms with Crippen molar-refractivity contribution >= 4 is 46.6 Å². The van der Waals surface area contributed by atoms with Gasteiger partial charge in [-0.05, 0) is 37.6 Å². The molecule has 0 fully saturated rings. The Balaban J connectivity index is 1.85. The Labute approximate surface area is 220 Å². The van der Waals surface area contributed by atoms with E-state index in [0.29, 0.717) is 22.5 Å². The second kappa shape index (κ2) is 11.3. The van der Waals surface area contributed by atoms with Crippen molar-refractivity contribution in [2.24, 2.45) is 0 Å². The number of pyridine rings is 2. The Kier molecular flexibility index (Phi) is 8.14. The van der Waals surface area contributed by atoms with Crippen LogP contribution < -0.4 is 16.0 Å². The molecule has 0 saturated carbocycles. The smallest absolute Gasteiger partial charge is 0.280 e. The van der Waals surface area contributed by atoms with Crippen LogP contribution in [-0.4, -0.2) is 47.1 Å². The summed E-state index contributed by atoms with van der Waals surface area (Å²) < 4.78 is 41.8. The number of alkyl halides is 2. The number of hydrogen-bond acceptors (Lipinski definition) is 9. The molecule has 200 valence electrons. The highest BCUT2D eigenvalue weighted by molar-refractivity contribution is 7.92. The number of hydrogen-bond donors (Lipinski definition) is 4.